The lowest BCUT2D eigenvalue weighted by Crippen LogP contribution is -2.15. The van der Waals surface area contributed by atoms with E-state index < -0.39 is 0 Å². The van der Waals surface area contributed by atoms with Crippen molar-refractivity contribution in [3.05, 3.63) is 50.7 Å². The summed E-state index contributed by atoms with van der Waals surface area (Å²) in [6.07, 6.45) is 0. The van der Waals surface area contributed by atoms with Crippen LogP contribution in [-0.4, -0.2) is 12.3 Å². The van der Waals surface area contributed by atoms with Gasteiger partial charge < -0.3 is 5.32 Å². The Morgan fingerprint density at radius 2 is 2.05 bits per heavy atom. The smallest absolute Gasteiger partial charge is 0.0931 e. The molecule has 0 aliphatic heterocycles. The van der Waals surface area contributed by atoms with Crippen molar-refractivity contribution in [1.82, 2.24) is 5.32 Å². The van der Waals surface area contributed by atoms with E-state index in [0.29, 0.717) is 0 Å². The van der Waals surface area contributed by atoms with Gasteiger partial charge >= 0.3 is 0 Å². The Morgan fingerprint density at radius 1 is 1.21 bits per heavy atom. The second kappa shape index (κ2) is 7.34. The highest BCUT2D eigenvalue weighted by molar-refractivity contribution is 7.99. The van der Waals surface area contributed by atoms with E-state index in [9.17, 15) is 0 Å². The molecule has 4 heteroatoms. The Labute approximate surface area is 128 Å². The van der Waals surface area contributed by atoms with E-state index in [1.54, 1.807) is 11.3 Å². The Kier molecular flexibility index (Phi) is 5.76. The fraction of sp³-hybridized carbons (Fsp3) is 0.333. The molecule has 0 unspecified atom stereocenters. The van der Waals surface area contributed by atoms with Gasteiger partial charge in [-0.15, -0.1) is 23.1 Å². The van der Waals surface area contributed by atoms with Crippen LogP contribution >= 0.6 is 34.7 Å². The molecule has 2 rings (SSSR count). The summed E-state index contributed by atoms with van der Waals surface area (Å²) in [6.45, 7) is 6.23. The normalized spacial score (nSPS) is 10.9. The third-order valence-corrected chi connectivity index (χ3v) is 5.20. The van der Waals surface area contributed by atoms with Crippen LogP contribution in [0, 0.1) is 13.8 Å². The first-order valence-electron chi connectivity index (χ1n) is 6.30. The highest BCUT2D eigenvalue weighted by atomic mass is 35.5. The number of hydrogen-bond acceptors (Lipinski definition) is 3. The van der Waals surface area contributed by atoms with Crippen LogP contribution in [0.4, 0.5) is 0 Å². The second-order valence-corrected chi connectivity index (χ2v) is 7.44. The first-order chi connectivity index (χ1) is 9.15. The predicted octanol–water partition coefficient (Wildman–Crippen LogP) is 4.90. The van der Waals surface area contributed by atoms with Gasteiger partial charge in [0, 0.05) is 28.6 Å². The summed E-state index contributed by atoms with van der Waals surface area (Å²) in [4.78, 5) is 2.67. The maximum atomic E-state index is 5.90. The van der Waals surface area contributed by atoms with Gasteiger partial charge in [0.1, 0.15) is 0 Å². The Bertz CT molecular complexity index is 537. The maximum Gasteiger partial charge on any atom is 0.0931 e. The van der Waals surface area contributed by atoms with E-state index in [2.05, 4.69) is 43.4 Å². The number of halogens is 1. The molecule has 0 saturated heterocycles. The van der Waals surface area contributed by atoms with Crippen molar-refractivity contribution in [3.63, 3.8) is 0 Å². The number of rotatable bonds is 6. The third-order valence-electron chi connectivity index (χ3n) is 2.79. The number of thioether (sulfide) groups is 1. The van der Waals surface area contributed by atoms with Crippen LogP contribution in [0.3, 0.4) is 0 Å². The highest BCUT2D eigenvalue weighted by Gasteiger charge is 2.00. The van der Waals surface area contributed by atoms with Crippen molar-refractivity contribution in [2.45, 2.75) is 25.3 Å². The van der Waals surface area contributed by atoms with E-state index in [1.807, 2.05) is 17.8 Å². The molecule has 1 heterocycles. The van der Waals surface area contributed by atoms with Gasteiger partial charge in [-0.3, -0.25) is 0 Å². The summed E-state index contributed by atoms with van der Waals surface area (Å²) in [6, 6.07) is 10.7. The van der Waals surface area contributed by atoms with E-state index in [0.717, 1.165) is 23.2 Å². The molecule has 0 fully saturated rings. The summed E-state index contributed by atoms with van der Waals surface area (Å²) >= 11 is 9.45. The van der Waals surface area contributed by atoms with Crippen molar-refractivity contribution in [1.29, 1.82) is 0 Å². The zero-order chi connectivity index (χ0) is 13.7. The molecular weight excluding hydrogens is 294 g/mol. The predicted molar refractivity (Wildman–Crippen MR) is 87.7 cm³/mol. The topological polar surface area (TPSA) is 12.0 Å². The molecule has 0 saturated carbocycles. The van der Waals surface area contributed by atoms with Gasteiger partial charge in [-0.2, -0.15) is 0 Å². The van der Waals surface area contributed by atoms with Gasteiger partial charge in [0.05, 0.1) is 4.34 Å². The molecule has 102 valence electrons. The van der Waals surface area contributed by atoms with E-state index in [1.165, 1.54) is 20.9 Å². The van der Waals surface area contributed by atoms with E-state index >= 15 is 0 Å². The van der Waals surface area contributed by atoms with Crippen molar-refractivity contribution in [3.8, 4) is 0 Å². The molecule has 0 bridgehead atoms. The molecule has 0 amide bonds. The van der Waals surface area contributed by atoms with Gasteiger partial charge in [0.25, 0.3) is 0 Å². The summed E-state index contributed by atoms with van der Waals surface area (Å²) in [5, 5.41) is 3.45. The molecule has 19 heavy (non-hydrogen) atoms. The van der Waals surface area contributed by atoms with E-state index in [4.69, 9.17) is 11.6 Å². The van der Waals surface area contributed by atoms with Crippen LogP contribution in [-0.2, 0) is 6.54 Å². The lowest BCUT2D eigenvalue weighted by molar-refractivity contribution is 0.741. The highest BCUT2D eigenvalue weighted by Crippen LogP contribution is 2.23. The quantitative estimate of drug-likeness (QED) is 0.601. The number of nitrogens with one attached hydrogen (secondary N) is 1. The minimum atomic E-state index is 0.862. The lowest BCUT2D eigenvalue weighted by Gasteiger charge is -2.07. The standard InChI is InChI=1S/C15H18ClNS2/c1-11-3-5-14(12(2)9-11)18-8-7-17-10-13-4-6-15(16)19-13/h3-6,9,17H,7-8,10H2,1-2H3. The molecule has 2 aromatic rings. The van der Waals surface area contributed by atoms with Crippen molar-refractivity contribution < 1.29 is 0 Å². The molecular formula is C15H18ClNS2. The van der Waals surface area contributed by atoms with Crippen molar-refractivity contribution >= 4 is 34.7 Å². The zero-order valence-corrected chi connectivity index (χ0v) is 13.6. The summed E-state index contributed by atoms with van der Waals surface area (Å²) in [7, 11) is 0. The molecule has 1 N–H and O–H groups in total. The Morgan fingerprint density at radius 3 is 2.74 bits per heavy atom. The zero-order valence-electron chi connectivity index (χ0n) is 11.2. The van der Waals surface area contributed by atoms with Crippen molar-refractivity contribution in [2.24, 2.45) is 0 Å². The molecule has 0 radical (unpaired) electrons. The molecule has 1 aromatic carbocycles. The molecule has 0 atom stereocenters. The minimum Gasteiger partial charge on any atom is -0.311 e. The van der Waals surface area contributed by atoms with Gasteiger partial charge in [-0.05, 0) is 37.6 Å². The first kappa shape index (κ1) is 14.9. The third kappa shape index (κ3) is 4.84. The Balaban J connectivity index is 1.69. The molecule has 0 aliphatic rings. The number of benzene rings is 1. The Hall–Kier alpha value is -0.480. The van der Waals surface area contributed by atoms with Crippen molar-refractivity contribution in [2.75, 3.05) is 12.3 Å². The average Bonchev–Trinajstić information content (AvgIpc) is 2.77. The van der Waals surface area contributed by atoms with Crippen LogP contribution in [0.5, 0.6) is 0 Å². The second-order valence-electron chi connectivity index (χ2n) is 4.50. The SMILES string of the molecule is Cc1ccc(SCCNCc2ccc(Cl)s2)c(C)c1. The number of aryl methyl sites for hydroxylation is 2. The van der Waals surface area contributed by atoms with Crippen LogP contribution in [0.25, 0.3) is 0 Å². The fourth-order valence-electron chi connectivity index (χ4n) is 1.85. The fourth-order valence-corrected chi connectivity index (χ4v) is 3.83. The van der Waals surface area contributed by atoms with Gasteiger partial charge in [0.2, 0.25) is 0 Å². The van der Waals surface area contributed by atoms with Gasteiger partial charge in [-0.25, -0.2) is 0 Å². The van der Waals surface area contributed by atoms with Crippen LogP contribution in [0.1, 0.15) is 16.0 Å². The molecule has 0 aliphatic carbocycles. The van der Waals surface area contributed by atoms with Crippen LogP contribution in [0.2, 0.25) is 4.34 Å². The molecule has 0 spiro atoms. The largest absolute Gasteiger partial charge is 0.311 e. The summed E-state index contributed by atoms with van der Waals surface area (Å²) in [5.41, 5.74) is 2.70. The monoisotopic (exact) mass is 311 g/mol. The minimum absolute atomic E-state index is 0.862. The molecule has 1 aromatic heterocycles. The summed E-state index contributed by atoms with van der Waals surface area (Å²) in [5.74, 6) is 1.09. The number of hydrogen-bond donors (Lipinski definition) is 1. The van der Waals surface area contributed by atoms with Gasteiger partial charge in [0.15, 0.2) is 0 Å². The lowest BCUT2D eigenvalue weighted by atomic mass is 10.2. The van der Waals surface area contributed by atoms with E-state index in [-0.39, 0.29) is 0 Å². The average molecular weight is 312 g/mol. The van der Waals surface area contributed by atoms with Crippen LogP contribution < -0.4 is 5.32 Å². The number of thiophene rings is 1. The molecule has 1 nitrogen and oxygen atoms in total. The van der Waals surface area contributed by atoms with Gasteiger partial charge in [-0.1, -0.05) is 29.3 Å². The van der Waals surface area contributed by atoms with Crippen LogP contribution in [0.15, 0.2) is 35.2 Å². The first-order valence-corrected chi connectivity index (χ1v) is 8.48. The summed E-state index contributed by atoms with van der Waals surface area (Å²) < 4.78 is 0.862. The maximum absolute atomic E-state index is 5.90.